The molecule has 2 aromatic heterocycles. The van der Waals surface area contributed by atoms with Crippen molar-refractivity contribution in [2.45, 2.75) is 18.4 Å². The molecule has 0 saturated carbocycles. The van der Waals surface area contributed by atoms with E-state index in [2.05, 4.69) is 9.71 Å². The largest absolute Gasteiger partial charge is 0.463 e. The summed E-state index contributed by atoms with van der Waals surface area (Å²) < 4.78 is 32.9. The quantitative estimate of drug-likeness (QED) is 0.749. The van der Waals surface area contributed by atoms with Crippen LogP contribution in [0.2, 0.25) is 5.02 Å². The maximum absolute atomic E-state index is 12.5. The third kappa shape index (κ3) is 3.67. The number of furan rings is 1. The van der Waals surface area contributed by atoms with Gasteiger partial charge in [-0.3, -0.25) is 4.98 Å². The van der Waals surface area contributed by atoms with Gasteiger partial charge in [-0.05, 0) is 54.4 Å². The Morgan fingerprint density at radius 1 is 1.21 bits per heavy atom. The molecule has 24 heavy (non-hydrogen) atoms. The molecule has 0 radical (unpaired) electrons. The summed E-state index contributed by atoms with van der Waals surface area (Å²) in [7, 11) is -3.66. The number of sulfonamides is 1. The lowest BCUT2D eigenvalue weighted by Gasteiger charge is -2.10. The second kappa shape index (κ2) is 6.76. The number of hydrogen-bond donors (Lipinski definition) is 1. The number of halogens is 1. The van der Waals surface area contributed by atoms with Crippen molar-refractivity contribution < 1.29 is 12.8 Å². The third-order valence-electron chi connectivity index (χ3n) is 3.50. The fraction of sp³-hybridized carbons (Fsp3) is 0.118. The summed E-state index contributed by atoms with van der Waals surface area (Å²) in [4.78, 5) is 4.40. The van der Waals surface area contributed by atoms with E-state index < -0.39 is 10.0 Å². The van der Waals surface area contributed by atoms with Crippen LogP contribution in [0.25, 0.3) is 11.5 Å². The van der Waals surface area contributed by atoms with Crippen LogP contribution in [-0.2, 0) is 16.6 Å². The summed E-state index contributed by atoms with van der Waals surface area (Å²) in [6.45, 7) is 1.87. The normalized spacial score (nSPS) is 11.6. The molecule has 0 aliphatic rings. The lowest BCUT2D eigenvalue weighted by atomic mass is 10.2. The lowest BCUT2D eigenvalue weighted by Crippen LogP contribution is -2.24. The average molecular weight is 363 g/mol. The van der Waals surface area contributed by atoms with Gasteiger partial charge in [0, 0.05) is 17.8 Å². The third-order valence-corrected chi connectivity index (χ3v) is 5.28. The number of pyridine rings is 1. The molecule has 0 saturated heterocycles. The van der Waals surface area contributed by atoms with Gasteiger partial charge in [-0.15, -0.1) is 0 Å². The minimum Gasteiger partial charge on any atom is -0.463 e. The van der Waals surface area contributed by atoms with Gasteiger partial charge in [-0.2, -0.15) is 0 Å². The highest BCUT2D eigenvalue weighted by molar-refractivity contribution is 7.89. The number of aryl methyl sites for hydroxylation is 1. The van der Waals surface area contributed by atoms with Gasteiger partial charge in [0.15, 0.2) is 5.76 Å². The van der Waals surface area contributed by atoms with Crippen LogP contribution in [0.4, 0.5) is 0 Å². The van der Waals surface area contributed by atoms with E-state index in [1.54, 1.807) is 55.8 Å². The number of rotatable bonds is 5. The summed E-state index contributed by atoms with van der Waals surface area (Å²) in [6, 6.07) is 11.9. The number of aromatic nitrogens is 1. The lowest BCUT2D eigenvalue weighted by molar-refractivity contribution is 0.579. The van der Waals surface area contributed by atoms with Crippen molar-refractivity contribution in [2.24, 2.45) is 0 Å². The minimum atomic E-state index is -3.66. The second-order valence-corrected chi connectivity index (χ2v) is 7.43. The summed E-state index contributed by atoms with van der Waals surface area (Å²) in [5, 5.41) is 0.380. The molecular weight excluding hydrogens is 348 g/mol. The Hall–Kier alpha value is -2.15. The van der Waals surface area contributed by atoms with E-state index in [0.29, 0.717) is 22.0 Å². The van der Waals surface area contributed by atoms with Crippen molar-refractivity contribution in [3.05, 3.63) is 71.1 Å². The molecular formula is C17H15ClN2O3S. The molecule has 0 fully saturated rings. The van der Waals surface area contributed by atoms with Gasteiger partial charge >= 0.3 is 0 Å². The van der Waals surface area contributed by atoms with Crippen molar-refractivity contribution in [1.82, 2.24) is 9.71 Å². The number of nitrogens with zero attached hydrogens (tertiary/aromatic N) is 1. The molecule has 0 aliphatic carbocycles. The first-order chi connectivity index (χ1) is 11.5. The Balaban J connectivity index is 1.80. The molecule has 5 nitrogen and oxygen atoms in total. The number of hydrogen-bond acceptors (Lipinski definition) is 4. The Labute approximate surface area is 145 Å². The van der Waals surface area contributed by atoms with E-state index in [1.807, 2.05) is 0 Å². The first-order valence-corrected chi connectivity index (χ1v) is 9.06. The van der Waals surface area contributed by atoms with Crippen LogP contribution in [0, 0.1) is 6.92 Å². The van der Waals surface area contributed by atoms with Crippen LogP contribution < -0.4 is 4.72 Å². The molecule has 0 amide bonds. The number of nitrogens with one attached hydrogen (secondary N) is 1. The van der Waals surface area contributed by atoms with Crippen molar-refractivity contribution in [1.29, 1.82) is 0 Å². The molecule has 7 heteroatoms. The van der Waals surface area contributed by atoms with Gasteiger partial charge in [0.2, 0.25) is 10.0 Å². The van der Waals surface area contributed by atoms with Crippen molar-refractivity contribution in [3.8, 4) is 11.5 Å². The van der Waals surface area contributed by atoms with E-state index >= 15 is 0 Å². The van der Waals surface area contributed by atoms with E-state index in [9.17, 15) is 8.42 Å². The Morgan fingerprint density at radius 3 is 2.79 bits per heavy atom. The highest BCUT2D eigenvalue weighted by Crippen LogP contribution is 2.21. The van der Waals surface area contributed by atoms with E-state index in [0.717, 1.165) is 5.56 Å². The fourth-order valence-electron chi connectivity index (χ4n) is 2.26. The summed E-state index contributed by atoms with van der Waals surface area (Å²) in [6.07, 6.45) is 3.18. The molecule has 1 N–H and O–H groups in total. The SMILES string of the molecule is Cc1ccc(Cl)cc1S(=O)(=O)NCc1ccnc(-c2ccco2)c1. The zero-order valence-electron chi connectivity index (χ0n) is 12.9. The Kier molecular flexibility index (Phi) is 4.71. The van der Waals surface area contributed by atoms with E-state index in [4.69, 9.17) is 16.0 Å². The molecule has 124 valence electrons. The van der Waals surface area contributed by atoms with Crippen LogP contribution in [0.3, 0.4) is 0 Å². The predicted octanol–water partition coefficient (Wildman–Crippen LogP) is 3.78. The first-order valence-electron chi connectivity index (χ1n) is 7.20. The van der Waals surface area contributed by atoms with Crippen molar-refractivity contribution in [2.75, 3.05) is 0 Å². The highest BCUT2D eigenvalue weighted by atomic mass is 35.5. The van der Waals surface area contributed by atoms with Gasteiger partial charge in [0.25, 0.3) is 0 Å². The molecule has 3 rings (SSSR count). The van der Waals surface area contributed by atoms with Gasteiger partial charge in [0.05, 0.1) is 11.2 Å². The second-order valence-electron chi connectivity index (χ2n) is 5.26. The Morgan fingerprint density at radius 2 is 2.04 bits per heavy atom. The van der Waals surface area contributed by atoms with Crippen molar-refractivity contribution >= 4 is 21.6 Å². The van der Waals surface area contributed by atoms with Crippen molar-refractivity contribution in [3.63, 3.8) is 0 Å². The summed E-state index contributed by atoms with van der Waals surface area (Å²) >= 11 is 5.91. The number of benzene rings is 1. The zero-order valence-corrected chi connectivity index (χ0v) is 14.4. The van der Waals surface area contributed by atoms with Crippen LogP contribution in [0.1, 0.15) is 11.1 Å². The van der Waals surface area contributed by atoms with Gasteiger partial charge in [-0.1, -0.05) is 17.7 Å². The average Bonchev–Trinajstić information content (AvgIpc) is 3.10. The maximum Gasteiger partial charge on any atom is 0.241 e. The Bertz CT molecular complexity index is 954. The molecule has 1 aromatic carbocycles. The van der Waals surface area contributed by atoms with Gasteiger partial charge in [-0.25, -0.2) is 13.1 Å². The van der Waals surface area contributed by atoms with E-state index in [-0.39, 0.29) is 11.4 Å². The van der Waals surface area contributed by atoms with Crippen LogP contribution in [0.15, 0.2) is 64.2 Å². The van der Waals surface area contributed by atoms with Crippen LogP contribution >= 0.6 is 11.6 Å². The van der Waals surface area contributed by atoms with E-state index in [1.165, 1.54) is 6.07 Å². The maximum atomic E-state index is 12.5. The van der Waals surface area contributed by atoms with Crippen LogP contribution in [-0.4, -0.2) is 13.4 Å². The van der Waals surface area contributed by atoms with Gasteiger partial charge in [0.1, 0.15) is 5.69 Å². The molecule has 0 unspecified atom stereocenters. The summed E-state index contributed by atoms with van der Waals surface area (Å²) in [5.41, 5.74) is 2.06. The molecule has 0 atom stereocenters. The standard InChI is InChI=1S/C17H15ClN2O3S/c1-12-4-5-14(18)10-17(12)24(21,22)20-11-13-6-7-19-15(9-13)16-3-2-8-23-16/h2-10,20H,11H2,1H3. The molecule has 0 bridgehead atoms. The molecule has 0 aliphatic heterocycles. The minimum absolute atomic E-state index is 0.143. The highest BCUT2D eigenvalue weighted by Gasteiger charge is 2.17. The summed E-state index contributed by atoms with van der Waals surface area (Å²) in [5.74, 6) is 0.630. The van der Waals surface area contributed by atoms with Crippen LogP contribution in [0.5, 0.6) is 0 Å². The smallest absolute Gasteiger partial charge is 0.241 e. The molecule has 2 heterocycles. The zero-order chi connectivity index (χ0) is 17.2. The predicted molar refractivity (Wildman–Crippen MR) is 92.2 cm³/mol. The molecule has 3 aromatic rings. The fourth-order valence-corrected chi connectivity index (χ4v) is 3.79. The van der Waals surface area contributed by atoms with Gasteiger partial charge < -0.3 is 4.42 Å². The topological polar surface area (TPSA) is 72.2 Å². The first kappa shape index (κ1) is 16.7. The molecule has 0 spiro atoms. The monoisotopic (exact) mass is 362 g/mol.